The summed E-state index contributed by atoms with van der Waals surface area (Å²) in [6.07, 6.45) is -1.92. The number of hydrogen-bond acceptors (Lipinski definition) is 7. The fraction of sp³-hybridized carbons (Fsp3) is 0.667. The lowest BCUT2D eigenvalue weighted by Crippen LogP contribution is -2.50. The number of aliphatic hydroxyl groups excluding tert-OH is 1. The molecule has 1 aromatic rings. The van der Waals surface area contributed by atoms with Crippen molar-refractivity contribution < 1.29 is 23.7 Å². The highest BCUT2D eigenvalue weighted by molar-refractivity contribution is 7.38. The van der Waals surface area contributed by atoms with Crippen LogP contribution in [0, 0.1) is 0 Å². The van der Waals surface area contributed by atoms with Crippen LogP contribution in [0.15, 0.2) is 21.9 Å². The van der Waals surface area contributed by atoms with Gasteiger partial charge in [0.25, 0.3) is 5.56 Å². The highest BCUT2D eigenvalue weighted by atomic mass is 31.1. The van der Waals surface area contributed by atoms with Crippen molar-refractivity contribution in [3.63, 3.8) is 0 Å². The highest BCUT2D eigenvalue weighted by Gasteiger charge is 2.66. The average Bonchev–Trinajstić information content (AvgIpc) is 2.84. The maximum Gasteiger partial charge on any atom is 0.504 e. The predicted molar refractivity (Wildman–Crippen MR) is 74.0 cm³/mol. The normalized spacial score (nSPS) is 37.5. The average molecular weight is 331 g/mol. The molecule has 2 fully saturated rings. The summed E-state index contributed by atoms with van der Waals surface area (Å²) in [5, 5.41) is 10.4. The van der Waals surface area contributed by atoms with Crippen LogP contribution in [0.25, 0.3) is 0 Å². The van der Waals surface area contributed by atoms with E-state index in [1.807, 2.05) is 0 Å². The molecule has 0 saturated carbocycles. The number of nitrogens with zero attached hydrogens (tertiary/aromatic N) is 1. The van der Waals surface area contributed by atoms with E-state index < -0.39 is 49.4 Å². The van der Waals surface area contributed by atoms with Gasteiger partial charge in [-0.25, -0.2) is 4.79 Å². The molecule has 0 amide bonds. The second-order valence-electron chi connectivity index (χ2n) is 5.38. The van der Waals surface area contributed by atoms with Gasteiger partial charge in [0, 0.05) is 12.3 Å². The molecule has 2 unspecified atom stereocenters. The molecule has 1 aromatic heterocycles. The van der Waals surface area contributed by atoms with Gasteiger partial charge >= 0.3 is 13.7 Å². The highest BCUT2D eigenvalue weighted by Crippen LogP contribution is 2.49. The lowest BCUT2D eigenvalue weighted by molar-refractivity contribution is -0.215. The van der Waals surface area contributed by atoms with Gasteiger partial charge in [-0.2, -0.15) is 0 Å². The SMILES string of the molecule is CC1O[C@H]2[C@H](n3ccc(=O)[nH]c3=O)O[C@]1(CO[P+](C)=O)[C@H]2O. The number of fused-ring (bicyclic) bond motifs is 2. The topological polar surface area (TPSA) is 120 Å². The van der Waals surface area contributed by atoms with E-state index in [-0.39, 0.29) is 6.61 Å². The summed E-state index contributed by atoms with van der Waals surface area (Å²) in [7, 11) is -1.87. The van der Waals surface area contributed by atoms with Gasteiger partial charge in [0.05, 0.1) is 6.10 Å². The molecule has 0 aromatic carbocycles. The number of aromatic nitrogens is 2. The Morgan fingerprint density at radius 3 is 2.91 bits per heavy atom. The summed E-state index contributed by atoms with van der Waals surface area (Å²) in [5.74, 6) is 0. The first kappa shape index (κ1) is 15.5. The van der Waals surface area contributed by atoms with Crippen molar-refractivity contribution in [3.05, 3.63) is 33.1 Å². The lowest BCUT2D eigenvalue weighted by atomic mass is 9.94. The zero-order valence-electron chi connectivity index (χ0n) is 12.0. The molecule has 22 heavy (non-hydrogen) atoms. The fourth-order valence-corrected chi connectivity index (χ4v) is 3.28. The predicted octanol–water partition coefficient (Wildman–Crippen LogP) is -0.659. The van der Waals surface area contributed by atoms with Crippen LogP contribution in [0.3, 0.4) is 0 Å². The molecule has 2 aliphatic rings. The molecule has 9 nitrogen and oxygen atoms in total. The maximum atomic E-state index is 11.9. The standard InChI is InChI=1S/C12H15N2O7P/c1-6-12(5-19-22(2)18)9(16)8(20-6)10(21-12)14-4-3-7(15)13-11(14)17/h3-4,6,8-10,16H,5H2,1-2H3/p+1/t6?,8-,9+,10-,12+/m1/s1. The maximum absolute atomic E-state index is 11.9. The van der Waals surface area contributed by atoms with Gasteiger partial charge in [0.1, 0.15) is 18.8 Å². The molecule has 10 heteroatoms. The molecule has 2 saturated heterocycles. The minimum atomic E-state index is -1.87. The smallest absolute Gasteiger partial charge is 0.387 e. The number of rotatable bonds is 4. The van der Waals surface area contributed by atoms with Gasteiger partial charge in [-0.15, -0.1) is 4.52 Å². The van der Waals surface area contributed by atoms with Crippen LogP contribution in [0.5, 0.6) is 0 Å². The number of nitrogens with one attached hydrogen (secondary N) is 1. The first-order chi connectivity index (χ1) is 10.3. The van der Waals surface area contributed by atoms with Crippen molar-refractivity contribution in [2.24, 2.45) is 0 Å². The molecule has 6 atom stereocenters. The minimum Gasteiger partial charge on any atom is -0.387 e. The van der Waals surface area contributed by atoms with E-state index in [4.69, 9.17) is 14.0 Å². The third kappa shape index (κ3) is 2.26. The summed E-state index contributed by atoms with van der Waals surface area (Å²) in [6.45, 7) is 2.99. The van der Waals surface area contributed by atoms with E-state index in [9.17, 15) is 19.3 Å². The molecular formula is C12H16N2O7P+. The van der Waals surface area contributed by atoms with E-state index in [2.05, 4.69) is 4.98 Å². The van der Waals surface area contributed by atoms with Gasteiger partial charge in [-0.05, 0) is 11.5 Å². The van der Waals surface area contributed by atoms with E-state index in [1.165, 1.54) is 18.9 Å². The summed E-state index contributed by atoms with van der Waals surface area (Å²) < 4.78 is 29.0. The molecule has 2 N–H and O–H groups in total. The Hall–Kier alpha value is -1.38. The van der Waals surface area contributed by atoms with Gasteiger partial charge in [0.15, 0.2) is 18.5 Å². The molecule has 3 rings (SSSR count). The molecule has 0 radical (unpaired) electrons. The van der Waals surface area contributed by atoms with E-state index in [0.717, 1.165) is 4.57 Å². The molecule has 3 heterocycles. The lowest BCUT2D eigenvalue weighted by Gasteiger charge is -2.34. The third-order valence-electron chi connectivity index (χ3n) is 4.08. The monoisotopic (exact) mass is 331 g/mol. The molecule has 0 spiro atoms. The van der Waals surface area contributed by atoms with Crippen molar-refractivity contribution in [3.8, 4) is 0 Å². The van der Waals surface area contributed by atoms with Gasteiger partial charge in [-0.3, -0.25) is 14.3 Å². The van der Waals surface area contributed by atoms with Gasteiger partial charge < -0.3 is 14.6 Å². The number of aromatic amines is 1. The molecular weight excluding hydrogens is 315 g/mol. The zero-order valence-corrected chi connectivity index (χ0v) is 12.9. The van der Waals surface area contributed by atoms with E-state index in [1.54, 1.807) is 6.92 Å². The molecule has 2 bridgehead atoms. The number of aliphatic hydroxyl groups is 1. The van der Waals surface area contributed by atoms with Crippen molar-refractivity contribution in [2.75, 3.05) is 13.3 Å². The first-order valence-corrected chi connectivity index (χ1v) is 8.34. The second-order valence-corrected chi connectivity index (χ2v) is 6.52. The Labute approximate surface area is 125 Å². The molecule has 120 valence electrons. The number of hydrogen-bond donors (Lipinski definition) is 2. The summed E-state index contributed by atoms with van der Waals surface area (Å²) >= 11 is 0. The number of H-pyrrole nitrogens is 1. The zero-order chi connectivity index (χ0) is 16.1. The Balaban J connectivity index is 1.93. The largest absolute Gasteiger partial charge is 0.504 e. The Kier molecular flexibility index (Phi) is 3.78. The molecule has 2 aliphatic heterocycles. The van der Waals surface area contributed by atoms with Crippen LogP contribution in [-0.2, 0) is 18.6 Å². The van der Waals surface area contributed by atoms with Crippen LogP contribution in [0.4, 0.5) is 0 Å². The fourth-order valence-electron chi connectivity index (χ4n) is 2.90. The number of ether oxygens (including phenoxy) is 2. The third-order valence-corrected chi connectivity index (χ3v) is 4.57. The first-order valence-electron chi connectivity index (χ1n) is 6.72. The van der Waals surface area contributed by atoms with Crippen LogP contribution in [0.1, 0.15) is 13.2 Å². The second kappa shape index (κ2) is 5.36. The van der Waals surface area contributed by atoms with Crippen LogP contribution in [0.2, 0.25) is 0 Å². The van der Waals surface area contributed by atoms with Crippen LogP contribution < -0.4 is 11.2 Å². The van der Waals surface area contributed by atoms with Crippen molar-refractivity contribution >= 4 is 8.03 Å². The molecule has 0 aliphatic carbocycles. The van der Waals surface area contributed by atoms with Crippen LogP contribution in [-0.4, -0.2) is 51.8 Å². The Bertz CT molecular complexity index is 716. The van der Waals surface area contributed by atoms with Crippen LogP contribution >= 0.6 is 8.03 Å². The quantitative estimate of drug-likeness (QED) is 0.703. The van der Waals surface area contributed by atoms with E-state index >= 15 is 0 Å². The summed E-state index contributed by atoms with van der Waals surface area (Å²) in [4.78, 5) is 25.1. The van der Waals surface area contributed by atoms with Gasteiger partial charge in [-0.1, -0.05) is 0 Å². The van der Waals surface area contributed by atoms with E-state index in [0.29, 0.717) is 0 Å². The minimum absolute atomic E-state index is 0.119. The van der Waals surface area contributed by atoms with Crippen molar-refractivity contribution in [2.45, 2.75) is 37.1 Å². The van der Waals surface area contributed by atoms with Crippen molar-refractivity contribution in [1.29, 1.82) is 0 Å². The summed E-state index contributed by atoms with van der Waals surface area (Å²) in [6, 6.07) is 1.18. The van der Waals surface area contributed by atoms with Gasteiger partial charge in [0.2, 0.25) is 0 Å². The Morgan fingerprint density at radius 1 is 1.55 bits per heavy atom. The van der Waals surface area contributed by atoms with Crippen molar-refractivity contribution in [1.82, 2.24) is 9.55 Å². The summed E-state index contributed by atoms with van der Waals surface area (Å²) in [5.41, 5.74) is -2.39. The Morgan fingerprint density at radius 2 is 2.27 bits per heavy atom.